The lowest BCUT2D eigenvalue weighted by Crippen LogP contribution is -2.42. The minimum atomic E-state index is -0.787. The smallest absolute Gasteiger partial charge is 0.336 e. The second-order valence-electron chi connectivity index (χ2n) is 4.99. The van der Waals surface area contributed by atoms with Crippen LogP contribution in [0.4, 0.5) is 5.69 Å². The molecular weight excluding hydrogens is 322 g/mol. The van der Waals surface area contributed by atoms with E-state index in [4.69, 9.17) is 20.8 Å². The van der Waals surface area contributed by atoms with E-state index in [-0.39, 0.29) is 11.8 Å². The van der Waals surface area contributed by atoms with Gasteiger partial charge in [0, 0.05) is 29.9 Å². The van der Waals surface area contributed by atoms with Crippen molar-refractivity contribution in [3.8, 4) is 0 Å². The molecule has 0 aliphatic carbocycles. The summed E-state index contributed by atoms with van der Waals surface area (Å²) in [6.45, 7) is 2.93. The largest absolute Gasteiger partial charge is 0.467 e. The molecule has 0 N–H and O–H groups in total. The van der Waals surface area contributed by atoms with Crippen molar-refractivity contribution in [2.45, 2.75) is 25.8 Å². The van der Waals surface area contributed by atoms with Crippen LogP contribution in [-0.4, -0.2) is 25.0 Å². The molecule has 6 nitrogen and oxygen atoms in total. The number of benzene rings is 1. The predicted molar refractivity (Wildman–Crippen MR) is 86.7 cm³/mol. The van der Waals surface area contributed by atoms with Crippen molar-refractivity contribution in [2.24, 2.45) is 0 Å². The van der Waals surface area contributed by atoms with Crippen molar-refractivity contribution < 1.29 is 18.7 Å². The third kappa shape index (κ3) is 3.37. The Balaban J connectivity index is 2.61. The van der Waals surface area contributed by atoms with Crippen molar-refractivity contribution in [1.82, 2.24) is 0 Å². The van der Waals surface area contributed by atoms with Crippen molar-refractivity contribution in [3.63, 3.8) is 0 Å². The van der Waals surface area contributed by atoms with Crippen molar-refractivity contribution in [1.29, 1.82) is 0 Å². The number of carbonyl (C=O) groups excluding carboxylic acids is 2. The van der Waals surface area contributed by atoms with Crippen molar-refractivity contribution in [2.75, 3.05) is 12.0 Å². The van der Waals surface area contributed by atoms with Crippen LogP contribution >= 0.6 is 11.6 Å². The number of hydrogen-bond donors (Lipinski definition) is 0. The number of fused-ring (bicyclic) bond motifs is 1. The molecule has 1 heterocycles. The van der Waals surface area contributed by atoms with Gasteiger partial charge in [0.25, 0.3) is 0 Å². The zero-order valence-corrected chi connectivity index (χ0v) is 13.7. The molecule has 0 spiro atoms. The summed E-state index contributed by atoms with van der Waals surface area (Å²) < 4.78 is 9.82. The molecule has 2 aromatic rings. The number of ether oxygens (including phenoxy) is 1. The van der Waals surface area contributed by atoms with Crippen LogP contribution in [0.15, 0.2) is 33.5 Å². The molecule has 0 bridgehead atoms. The quantitative estimate of drug-likeness (QED) is 0.486. The van der Waals surface area contributed by atoms with E-state index in [0.717, 1.165) is 0 Å². The molecule has 1 amide bonds. The number of esters is 1. The van der Waals surface area contributed by atoms with Gasteiger partial charge in [-0.3, -0.25) is 9.69 Å². The van der Waals surface area contributed by atoms with Gasteiger partial charge in [-0.1, -0.05) is 0 Å². The molecule has 0 saturated carbocycles. The van der Waals surface area contributed by atoms with Gasteiger partial charge in [-0.15, -0.1) is 11.6 Å². The van der Waals surface area contributed by atoms with Gasteiger partial charge in [0.15, 0.2) is 0 Å². The highest BCUT2D eigenvalue weighted by molar-refractivity contribution is 6.18. The first-order valence-corrected chi connectivity index (χ1v) is 7.43. The number of amides is 1. The Morgan fingerprint density at radius 2 is 2.04 bits per heavy atom. The van der Waals surface area contributed by atoms with E-state index in [1.807, 2.05) is 0 Å². The summed E-state index contributed by atoms with van der Waals surface area (Å²) in [5.41, 5.74) is 0.954. The fourth-order valence-corrected chi connectivity index (χ4v) is 2.65. The van der Waals surface area contributed by atoms with Crippen LogP contribution in [0, 0.1) is 0 Å². The molecular formula is C16H16ClNO5. The number of halogens is 1. The highest BCUT2D eigenvalue weighted by Gasteiger charge is 2.26. The maximum Gasteiger partial charge on any atom is 0.336 e. The van der Waals surface area contributed by atoms with Crippen molar-refractivity contribution >= 4 is 40.1 Å². The minimum Gasteiger partial charge on any atom is -0.467 e. The minimum absolute atomic E-state index is 0.123. The molecule has 0 fully saturated rings. The van der Waals surface area contributed by atoms with E-state index in [9.17, 15) is 14.4 Å². The summed E-state index contributed by atoms with van der Waals surface area (Å²) in [5.74, 6) is -0.720. The molecule has 2 rings (SSSR count). The molecule has 0 aliphatic rings. The number of alkyl halides is 1. The summed E-state index contributed by atoms with van der Waals surface area (Å²) in [5, 5.41) is 0.611. The molecule has 0 saturated heterocycles. The lowest BCUT2D eigenvalue weighted by Gasteiger charge is -2.26. The molecule has 23 heavy (non-hydrogen) atoms. The number of methoxy groups -OCH3 is 1. The second-order valence-corrected chi connectivity index (χ2v) is 5.26. The fourth-order valence-electron chi connectivity index (χ4n) is 2.43. The van der Waals surface area contributed by atoms with Gasteiger partial charge in [0.2, 0.25) is 5.91 Å². The summed E-state index contributed by atoms with van der Waals surface area (Å²) in [6.07, 6.45) is 0. The van der Waals surface area contributed by atoms with Gasteiger partial charge in [0.05, 0.1) is 7.11 Å². The molecule has 0 radical (unpaired) electrons. The van der Waals surface area contributed by atoms with Crippen LogP contribution in [0.25, 0.3) is 11.0 Å². The normalized spacial score (nSPS) is 12.0. The molecule has 1 atom stereocenters. The van der Waals surface area contributed by atoms with E-state index < -0.39 is 17.6 Å². The van der Waals surface area contributed by atoms with Crippen LogP contribution in [-0.2, 0) is 20.2 Å². The first-order chi connectivity index (χ1) is 10.9. The van der Waals surface area contributed by atoms with Crippen LogP contribution in [0.5, 0.6) is 0 Å². The van der Waals surface area contributed by atoms with E-state index in [0.29, 0.717) is 22.2 Å². The molecule has 122 valence electrons. The Morgan fingerprint density at radius 3 is 2.61 bits per heavy atom. The van der Waals surface area contributed by atoms with Gasteiger partial charge >= 0.3 is 11.6 Å². The number of carbonyl (C=O) groups is 2. The van der Waals surface area contributed by atoms with Gasteiger partial charge in [0.1, 0.15) is 11.6 Å². The highest BCUT2D eigenvalue weighted by Crippen LogP contribution is 2.26. The lowest BCUT2D eigenvalue weighted by atomic mass is 10.1. The molecule has 0 aliphatic heterocycles. The molecule has 1 aromatic carbocycles. The van der Waals surface area contributed by atoms with Crippen LogP contribution < -0.4 is 10.5 Å². The zero-order chi connectivity index (χ0) is 17.1. The van der Waals surface area contributed by atoms with E-state index in [2.05, 4.69) is 0 Å². The number of nitrogens with zero attached hydrogens (tertiary/aromatic N) is 1. The molecule has 7 heteroatoms. The highest BCUT2D eigenvalue weighted by atomic mass is 35.5. The Morgan fingerprint density at radius 1 is 1.35 bits per heavy atom. The zero-order valence-electron chi connectivity index (χ0n) is 13.0. The monoisotopic (exact) mass is 337 g/mol. The maximum atomic E-state index is 12.0. The van der Waals surface area contributed by atoms with E-state index in [1.54, 1.807) is 25.1 Å². The summed E-state index contributed by atoms with van der Waals surface area (Å²) in [6, 6.07) is 5.36. The first kappa shape index (κ1) is 17.0. The Kier molecular flexibility index (Phi) is 5.05. The Hall–Kier alpha value is -2.34. The third-order valence-corrected chi connectivity index (χ3v) is 3.79. The maximum absolute atomic E-state index is 12.0. The summed E-state index contributed by atoms with van der Waals surface area (Å²) in [7, 11) is 1.26. The van der Waals surface area contributed by atoms with Crippen molar-refractivity contribution in [3.05, 3.63) is 40.2 Å². The standard InChI is InChI=1S/C16H16ClNO5/c1-9(16(21)22-3)18(10(2)19)12-4-5-14-13(7-12)11(8-17)6-15(20)23-14/h4-7,9H,8H2,1-3H3/t9-/m0/s1. The van der Waals surface area contributed by atoms with Crippen LogP contribution in [0.1, 0.15) is 19.4 Å². The number of anilines is 1. The fraction of sp³-hybridized carbons (Fsp3) is 0.312. The summed E-state index contributed by atoms with van der Waals surface area (Å²) >= 11 is 5.87. The predicted octanol–water partition coefficient (Wildman–Crippen LogP) is 2.45. The Bertz CT molecular complexity index is 814. The summed E-state index contributed by atoms with van der Waals surface area (Å²) in [4.78, 5) is 36.5. The van der Waals surface area contributed by atoms with Gasteiger partial charge in [-0.25, -0.2) is 9.59 Å². The first-order valence-electron chi connectivity index (χ1n) is 6.89. The van der Waals surface area contributed by atoms with Crippen LogP contribution in [0.3, 0.4) is 0 Å². The SMILES string of the molecule is COC(=O)[C@H](C)N(C(C)=O)c1ccc2oc(=O)cc(CCl)c2c1. The Labute approximate surface area is 137 Å². The second kappa shape index (κ2) is 6.83. The number of rotatable bonds is 4. The topological polar surface area (TPSA) is 76.8 Å². The van der Waals surface area contributed by atoms with Gasteiger partial charge in [-0.05, 0) is 30.7 Å². The average Bonchev–Trinajstić information content (AvgIpc) is 2.53. The molecule has 1 aromatic heterocycles. The lowest BCUT2D eigenvalue weighted by molar-refractivity contribution is -0.142. The average molecular weight is 338 g/mol. The molecule has 0 unspecified atom stereocenters. The van der Waals surface area contributed by atoms with E-state index in [1.165, 1.54) is 25.0 Å². The van der Waals surface area contributed by atoms with Gasteiger partial charge < -0.3 is 9.15 Å². The number of hydrogen-bond acceptors (Lipinski definition) is 5. The van der Waals surface area contributed by atoms with Gasteiger partial charge in [-0.2, -0.15) is 0 Å². The third-order valence-electron chi connectivity index (χ3n) is 3.50. The van der Waals surface area contributed by atoms with E-state index >= 15 is 0 Å². The van der Waals surface area contributed by atoms with Crippen LogP contribution in [0.2, 0.25) is 0 Å².